The minimum Gasteiger partial charge on any atom is -0.357 e. The molecular weight excluding hydrogens is 691 g/mol. The van der Waals surface area contributed by atoms with Gasteiger partial charge in [-0.2, -0.15) is 0 Å². The number of aromatic nitrogens is 5. The van der Waals surface area contributed by atoms with Crippen molar-refractivity contribution >= 4 is 17.7 Å². The van der Waals surface area contributed by atoms with Gasteiger partial charge in [0, 0.05) is 88.4 Å². The predicted molar refractivity (Wildman–Crippen MR) is 236 cm³/mol. The van der Waals surface area contributed by atoms with Gasteiger partial charge in [0.25, 0.3) is 0 Å². The fourth-order valence-electron chi connectivity index (χ4n) is 9.20. The zero-order chi connectivity index (χ0) is 40.7. The van der Waals surface area contributed by atoms with Crippen molar-refractivity contribution < 1.29 is 0 Å². The molecule has 2 bridgehead atoms. The molecule has 1 saturated carbocycles. The van der Waals surface area contributed by atoms with Crippen molar-refractivity contribution in [3.05, 3.63) is 59.3 Å². The van der Waals surface area contributed by atoms with Crippen molar-refractivity contribution in [2.45, 2.75) is 146 Å². The standard InChI is InChI=1S/C17H28N2.C16H25N3.C14H24N4/c1-12(2)15-8-10-19(11-9-15)17-7-6-16(13(3)4)14(5)18-17;1-10(2)13-7-17-16(18-8-13)19-9-12-5-14(19)6-15(12)11(3)4;1-11(2)13-9-15-14(16-10-13)18-7-5-17(6-8-18)12(3)4/h6-7,12-13,15H,8-11H2,1-5H3;7-8,10-12,14-15H,5-6,9H2,1-4H3;9-12H,5-8H2,1-4H3. The molecule has 0 amide bonds. The molecule has 3 aliphatic heterocycles. The highest BCUT2D eigenvalue weighted by molar-refractivity contribution is 5.43. The number of fused-ring (bicyclic) bond motifs is 2. The molecule has 0 spiro atoms. The van der Waals surface area contributed by atoms with Crippen molar-refractivity contribution in [3.8, 4) is 0 Å². The molecule has 3 saturated heterocycles. The largest absolute Gasteiger partial charge is 0.357 e. The average molecular weight is 768 g/mol. The van der Waals surface area contributed by atoms with Gasteiger partial charge in [0.2, 0.25) is 11.9 Å². The lowest BCUT2D eigenvalue weighted by Gasteiger charge is -2.36. The maximum atomic E-state index is 4.81. The number of aryl methyl sites for hydroxylation is 1. The maximum absolute atomic E-state index is 4.81. The Labute approximate surface area is 341 Å². The third kappa shape index (κ3) is 11.2. The molecule has 6 heterocycles. The van der Waals surface area contributed by atoms with Crippen LogP contribution in [0.4, 0.5) is 17.7 Å². The van der Waals surface area contributed by atoms with E-state index in [4.69, 9.17) is 4.98 Å². The van der Waals surface area contributed by atoms with Crippen LogP contribution in [0.3, 0.4) is 0 Å². The molecule has 0 radical (unpaired) electrons. The van der Waals surface area contributed by atoms with Gasteiger partial charge in [0.05, 0.1) is 0 Å². The molecule has 9 nitrogen and oxygen atoms in total. The van der Waals surface area contributed by atoms with Crippen LogP contribution in [0, 0.1) is 36.5 Å². The SMILES string of the molecule is CC(C)c1cnc(N2CC3CC2CC3C(C)C)nc1.CC(C)c1cnc(N2CCN(C(C)C)CC2)nc1.Cc1nc(N2CCC(C(C)C)CC2)ccc1C(C)C. The molecule has 1 aliphatic carbocycles. The number of nitrogens with zero attached hydrogens (tertiary/aromatic N) is 9. The molecule has 7 rings (SSSR count). The topological polar surface area (TPSA) is 77.4 Å². The van der Waals surface area contributed by atoms with Gasteiger partial charge in [-0.25, -0.2) is 24.9 Å². The number of piperidine rings is 2. The lowest BCUT2D eigenvalue weighted by atomic mass is 9.85. The van der Waals surface area contributed by atoms with Crippen LogP contribution in [0.2, 0.25) is 0 Å². The van der Waals surface area contributed by atoms with E-state index in [9.17, 15) is 0 Å². The second-order valence-electron chi connectivity index (χ2n) is 19.1. The van der Waals surface area contributed by atoms with Gasteiger partial charge in [-0.15, -0.1) is 0 Å². The van der Waals surface area contributed by atoms with E-state index in [-0.39, 0.29) is 0 Å². The predicted octanol–water partition coefficient (Wildman–Crippen LogP) is 9.99. The quantitative estimate of drug-likeness (QED) is 0.212. The summed E-state index contributed by atoms with van der Waals surface area (Å²) in [6, 6.07) is 5.79. The summed E-state index contributed by atoms with van der Waals surface area (Å²) in [5.41, 5.74) is 5.01. The summed E-state index contributed by atoms with van der Waals surface area (Å²) in [5.74, 6) is 8.87. The third-order valence-electron chi connectivity index (χ3n) is 13.2. The Morgan fingerprint density at radius 1 is 0.589 bits per heavy atom. The van der Waals surface area contributed by atoms with Gasteiger partial charge in [0.15, 0.2) is 0 Å². The molecule has 9 heteroatoms. The summed E-state index contributed by atoms with van der Waals surface area (Å²) in [5, 5.41) is 0. The number of piperazine rings is 1. The van der Waals surface area contributed by atoms with Crippen LogP contribution in [0.15, 0.2) is 36.9 Å². The second-order valence-corrected chi connectivity index (χ2v) is 19.1. The number of anilines is 3. The minimum atomic E-state index is 0.497. The van der Waals surface area contributed by atoms with Crippen LogP contribution in [-0.4, -0.2) is 87.7 Å². The first-order chi connectivity index (χ1) is 26.6. The molecule has 0 aromatic carbocycles. The van der Waals surface area contributed by atoms with E-state index in [2.05, 4.69) is 142 Å². The van der Waals surface area contributed by atoms with E-state index in [0.29, 0.717) is 29.8 Å². The van der Waals surface area contributed by atoms with Gasteiger partial charge in [-0.3, -0.25) is 4.90 Å². The molecule has 3 aromatic rings. The molecule has 3 atom stereocenters. The first-order valence-corrected chi connectivity index (χ1v) is 22.2. The summed E-state index contributed by atoms with van der Waals surface area (Å²) < 4.78 is 0. The zero-order valence-electron chi connectivity index (χ0n) is 37.5. The average Bonchev–Trinajstić information content (AvgIpc) is 3.81. The van der Waals surface area contributed by atoms with Crippen molar-refractivity contribution in [1.29, 1.82) is 0 Å². The summed E-state index contributed by atoms with van der Waals surface area (Å²) >= 11 is 0. The van der Waals surface area contributed by atoms with E-state index in [1.54, 1.807) is 0 Å². The molecular formula is C47H77N9. The number of pyridine rings is 1. The molecule has 4 aliphatic rings. The second kappa shape index (κ2) is 19.9. The highest BCUT2D eigenvalue weighted by Crippen LogP contribution is 2.46. The van der Waals surface area contributed by atoms with Gasteiger partial charge < -0.3 is 14.7 Å². The van der Waals surface area contributed by atoms with Crippen LogP contribution >= 0.6 is 0 Å². The molecule has 4 fully saturated rings. The van der Waals surface area contributed by atoms with E-state index in [1.165, 1.54) is 53.9 Å². The highest BCUT2D eigenvalue weighted by Gasteiger charge is 2.46. The fourth-order valence-corrected chi connectivity index (χ4v) is 9.20. The lowest BCUT2D eigenvalue weighted by molar-refractivity contribution is 0.208. The van der Waals surface area contributed by atoms with Crippen LogP contribution < -0.4 is 14.7 Å². The fraction of sp³-hybridized carbons (Fsp3) is 0.723. The van der Waals surface area contributed by atoms with Crippen molar-refractivity contribution in [2.75, 3.05) is 60.5 Å². The van der Waals surface area contributed by atoms with Crippen LogP contribution in [0.25, 0.3) is 0 Å². The molecule has 3 aromatic heterocycles. The Bertz CT molecular complexity index is 1600. The summed E-state index contributed by atoms with van der Waals surface area (Å²) in [4.78, 5) is 32.6. The molecule has 3 unspecified atom stereocenters. The maximum Gasteiger partial charge on any atom is 0.225 e. The van der Waals surface area contributed by atoms with Gasteiger partial charge in [0.1, 0.15) is 5.82 Å². The summed E-state index contributed by atoms with van der Waals surface area (Å²) in [6.07, 6.45) is 13.2. The summed E-state index contributed by atoms with van der Waals surface area (Å²) in [7, 11) is 0. The number of hydrogen-bond acceptors (Lipinski definition) is 9. The van der Waals surface area contributed by atoms with Crippen molar-refractivity contribution in [1.82, 2.24) is 29.8 Å². The van der Waals surface area contributed by atoms with E-state index in [1.807, 2.05) is 24.8 Å². The van der Waals surface area contributed by atoms with Crippen molar-refractivity contribution in [2.24, 2.45) is 29.6 Å². The minimum absolute atomic E-state index is 0.497. The monoisotopic (exact) mass is 768 g/mol. The summed E-state index contributed by atoms with van der Waals surface area (Å²) in [6.45, 7) is 37.0. The smallest absolute Gasteiger partial charge is 0.225 e. The molecule has 310 valence electrons. The van der Waals surface area contributed by atoms with Crippen LogP contribution in [0.5, 0.6) is 0 Å². The Kier molecular flexibility index (Phi) is 15.6. The van der Waals surface area contributed by atoms with E-state index in [0.717, 1.165) is 87.3 Å². The van der Waals surface area contributed by atoms with Gasteiger partial charge in [-0.05, 0) is 117 Å². The third-order valence-corrected chi connectivity index (χ3v) is 13.2. The van der Waals surface area contributed by atoms with E-state index >= 15 is 0 Å². The lowest BCUT2D eigenvalue weighted by Crippen LogP contribution is -2.49. The molecule has 56 heavy (non-hydrogen) atoms. The first-order valence-electron chi connectivity index (χ1n) is 22.2. The van der Waals surface area contributed by atoms with Crippen LogP contribution in [-0.2, 0) is 0 Å². The Morgan fingerprint density at radius 3 is 1.57 bits per heavy atom. The number of rotatable bonds is 9. The highest BCUT2D eigenvalue weighted by atomic mass is 15.3. The Balaban J connectivity index is 0.000000161. The van der Waals surface area contributed by atoms with Gasteiger partial charge in [-0.1, -0.05) is 75.3 Å². The van der Waals surface area contributed by atoms with E-state index < -0.39 is 0 Å². The van der Waals surface area contributed by atoms with Gasteiger partial charge >= 0.3 is 0 Å². The number of hydrogen-bond donors (Lipinski definition) is 0. The van der Waals surface area contributed by atoms with Crippen molar-refractivity contribution in [3.63, 3.8) is 0 Å². The Morgan fingerprint density at radius 2 is 1.14 bits per heavy atom. The van der Waals surface area contributed by atoms with Crippen LogP contribution in [0.1, 0.15) is 149 Å². The zero-order valence-corrected chi connectivity index (χ0v) is 37.5. The molecule has 0 N–H and O–H groups in total. The normalized spacial score (nSPS) is 21.8. The first kappa shape index (κ1) is 43.8. The Hall–Kier alpha value is -3.33.